The Morgan fingerprint density at radius 3 is 2.90 bits per heavy atom. The lowest BCUT2D eigenvalue weighted by Gasteiger charge is -2.21. The Balaban J connectivity index is 1.78. The summed E-state index contributed by atoms with van der Waals surface area (Å²) in [7, 11) is 0. The Morgan fingerprint density at radius 1 is 1.31 bits per heavy atom. The molecular weight excluding hydrogens is 375 g/mol. The maximum Gasteiger partial charge on any atom is 0.404 e. The predicted octanol–water partition coefficient (Wildman–Crippen LogP) is 3.54. The summed E-state index contributed by atoms with van der Waals surface area (Å²) in [6.07, 6.45) is -0.221. The minimum Gasteiger partial charge on any atom is -0.507 e. The van der Waals surface area contributed by atoms with E-state index in [0.717, 1.165) is 17.4 Å². The van der Waals surface area contributed by atoms with Gasteiger partial charge in [-0.2, -0.15) is 0 Å². The third-order valence-electron chi connectivity index (χ3n) is 5.17. The van der Waals surface area contributed by atoms with E-state index in [0.29, 0.717) is 31.0 Å². The molecular formula is C21H21FN4O3. The molecule has 1 aromatic heterocycles. The number of nitrogens with one attached hydrogen (secondary N) is 1. The number of aromatic hydroxyl groups is 1. The van der Waals surface area contributed by atoms with Crippen LogP contribution in [-0.4, -0.2) is 45.9 Å². The van der Waals surface area contributed by atoms with Gasteiger partial charge in [-0.05, 0) is 49.1 Å². The smallest absolute Gasteiger partial charge is 0.404 e. The van der Waals surface area contributed by atoms with Gasteiger partial charge in [0.15, 0.2) is 5.82 Å². The molecule has 0 saturated carbocycles. The molecule has 4 rings (SSSR count). The molecule has 0 aliphatic carbocycles. The van der Waals surface area contributed by atoms with Crippen LogP contribution in [0.1, 0.15) is 12.0 Å². The molecule has 3 aromatic rings. The van der Waals surface area contributed by atoms with Gasteiger partial charge in [0.1, 0.15) is 17.4 Å². The van der Waals surface area contributed by atoms with E-state index in [-0.39, 0.29) is 23.1 Å². The summed E-state index contributed by atoms with van der Waals surface area (Å²) in [6, 6.07) is 9.92. The van der Waals surface area contributed by atoms with Crippen LogP contribution < -0.4 is 10.2 Å². The van der Waals surface area contributed by atoms with Gasteiger partial charge in [-0.1, -0.05) is 12.1 Å². The average molecular weight is 396 g/mol. The van der Waals surface area contributed by atoms with Gasteiger partial charge in [0, 0.05) is 25.0 Å². The summed E-state index contributed by atoms with van der Waals surface area (Å²) in [4.78, 5) is 22.0. The zero-order valence-corrected chi connectivity index (χ0v) is 15.9. The Hall–Kier alpha value is -3.42. The van der Waals surface area contributed by atoms with E-state index < -0.39 is 11.9 Å². The number of phenols is 1. The number of halogens is 1. The second-order valence-electron chi connectivity index (χ2n) is 7.31. The van der Waals surface area contributed by atoms with Gasteiger partial charge in [-0.3, -0.25) is 0 Å². The van der Waals surface area contributed by atoms with Crippen LogP contribution in [0.15, 0.2) is 36.4 Å². The molecule has 7 nitrogen and oxygen atoms in total. The van der Waals surface area contributed by atoms with E-state index in [1.54, 1.807) is 0 Å². The lowest BCUT2D eigenvalue weighted by molar-refractivity contribution is 0.192. The molecule has 8 heteroatoms. The van der Waals surface area contributed by atoms with Crippen LogP contribution in [0, 0.1) is 18.7 Å². The number of anilines is 1. The van der Waals surface area contributed by atoms with Crippen LogP contribution in [0.4, 0.5) is 15.0 Å². The van der Waals surface area contributed by atoms with Crippen molar-refractivity contribution >= 4 is 22.8 Å². The predicted molar refractivity (Wildman–Crippen MR) is 108 cm³/mol. The number of fused-ring (bicyclic) bond motifs is 1. The third-order valence-corrected chi connectivity index (χ3v) is 5.17. The van der Waals surface area contributed by atoms with Crippen LogP contribution >= 0.6 is 0 Å². The Labute approximate surface area is 166 Å². The highest BCUT2D eigenvalue weighted by atomic mass is 19.1. The maximum atomic E-state index is 14.4. The largest absolute Gasteiger partial charge is 0.507 e. The van der Waals surface area contributed by atoms with Crippen molar-refractivity contribution in [2.45, 2.75) is 13.3 Å². The van der Waals surface area contributed by atoms with Crippen LogP contribution in [0.5, 0.6) is 5.75 Å². The van der Waals surface area contributed by atoms with E-state index in [1.165, 1.54) is 18.2 Å². The fourth-order valence-electron chi connectivity index (χ4n) is 3.73. The molecule has 3 N–H and O–H groups in total. The minimum atomic E-state index is -1.04. The molecule has 0 spiro atoms. The van der Waals surface area contributed by atoms with E-state index >= 15 is 0 Å². The van der Waals surface area contributed by atoms with Crippen molar-refractivity contribution in [1.82, 2.24) is 15.3 Å². The van der Waals surface area contributed by atoms with Gasteiger partial charge >= 0.3 is 6.09 Å². The van der Waals surface area contributed by atoms with Crippen LogP contribution in [0.3, 0.4) is 0 Å². The summed E-state index contributed by atoms with van der Waals surface area (Å²) < 4.78 is 14.4. The summed E-state index contributed by atoms with van der Waals surface area (Å²) >= 11 is 0. The van der Waals surface area contributed by atoms with Crippen molar-refractivity contribution in [2.24, 2.45) is 5.92 Å². The van der Waals surface area contributed by atoms with Gasteiger partial charge in [0.25, 0.3) is 0 Å². The van der Waals surface area contributed by atoms with Crippen molar-refractivity contribution in [3.05, 3.63) is 47.8 Å². The standard InChI is InChI=1S/C21H21FN4O3/c1-12-5-6-14-16(9-12)24-19(18-15(22)3-2-4-17(18)27)25-20(14)26-8-7-13(11-26)10-23-21(28)29/h2-6,9,13,23,27H,7-8,10-11H2,1H3,(H,28,29). The number of hydrogen-bond donors (Lipinski definition) is 3. The molecule has 150 valence electrons. The number of aryl methyl sites for hydroxylation is 1. The van der Waals surface area contributed by atoms with E-state index in [9.17, 15) is 14.3 Å². The monoisotopic (exact) mass is 396 g/mol. The first-order valence-electron chi connectivity index (χ1n) is 9.40. The van der Waals surface area contributed by atoms with E-state index in [2.05, 4.69) is 20.2 Å². The van der Waals surface area contributed by atoms with Gasteiger partial charge in [0.05, 0.1) is 11.1 Å². The molecule has 2 aromatic carbocycles. The molecule has 2 heterocycles. The molecule has 1 aliphatic rings. The number of phenolic OH excluding ortho intramolecular Hbond substituents is 1. The first kappa shape index (κ1) is 18.9. The highest BCUT2D eigenvalue weighted by molar-refractivity contribution is 5.92. The number of carboxylic acid groups (broad SMARTS) is 1. The van der Waals surface area contributed by atoms with Gasteiger partial charge in [-0.15, -0.1) is 0 Å². The SMILES string of the molecule is Cc1ccc2c(N3CCC(CNC(=O)O)C3)nc(-c3c(O)cccc3F)nc2c1. The van der Waals surface area contributed by atoms with Crippen molar-refractivity contribution < 1.29 is 19.4 Å². The quantitative estimate of drug-likeness (QED) is 0.624. The number of aromatic nitrogens is 2. The molecule has 1 amide bonds. The van der Waals surface area contributed by atoms with Crippen molar-refractivity contribution in [1.29, 1.82) is 0 Å². The lowest BCUT2D eigenvalue weighted by Crippen LogP contribution is -2.30. The molecule has 0 radical (unpaired) electrons. The van der Waals surface area contributed by atoms with Crippen molar-refractivity contribution in [3.63, 3.8) is 0 Å². The highest BCUT2D eigenvalue weighted by Gasteiger charge is 2.26. The third kappa shape index (κ3) is 3.78. The molecule has 1 saturated heterocycles. The fourth-order valence-corrected chi connectivity index (χ4v) is 3.73. The van der Waals surface area contributed by atoms with Crippen molar-refractivity contribution in [3.8, 4) is 17.1 Å². The number of rotatable bonds is 4. The number of carbonyl (C=O) groups is 1. The first-order chi connectivity index (χ1) is 13.9. The fraction of sp³-hybridized carbons (Fsp3) is 0.286. The van der Waals surface area contributed by atoms with Crippen LogP contribution in [-0.2, 0) is 0 Å². The normalized spacial score (nSPS) is 16.3. The van der Waals surface area contributed by atoms with Gasteiger partial charge in [0.2, 0.25) is 0 Å². The average Bonchev–Trinajstić information content (AvgIpc) is 3.14. The molecule has 1 aliphatic heterocycles. The second kappa shape index (κ2) is 7.54. The first-order valence-corrected chi connectivity index (χ1v) is 9.40. The summed E-state index contributed by atoms with van der Waals surface area (Å²) in [5, 5.41) is 22.3. The molecule has 1 unspecified atom stereocenters. The highest BCUT2D eigenvalue weighted by Crippen LogP contribution is 2.35. The Kier molecular flexibility index (Phi) is 4.92. The summed E-state index contributed by atoms with van der Waals surface area (Å²) in [5.74, 6) is 0.138. The van der Waals surface area contributed by atoms with Crippen LogP contribution in [0.25, 0.3) is 22.3 Å². The van der Waals surface area contributed by atoms with E-state index in [4.69, 9.17) is 5.11 Å². The second-order valence-corrected chi connectivity index (χ2v) is 7.31. The zero-order chi connectivity index (χ0) is 20.5. The van der Waals surface area contributed by atoms with Gasteiger partial charge in [-0.25, -0.2) is 19.2 Å². The molecule has 1 fully saturated rings. The topological polar surface area (TPSA) is 98.6 Å². The van der Waals surface area contributed by atoms with Crippen molar-refractivity contribution in [2.75, 3.05) is 24.5 Å². The number of amides is 1. The zero-order valence-electron chi connectivity index (χ0n) is 15.9. The summed E-state index contributed by atoms with van der Waals surface area (Å²) in [5.41, 5.74) is 1.65. The summed E-state index contributed by atoms with van der Waals surface area (Å²) in [6.45, 7) is 3.65. The number of hydrogen-bond acceptors (Lipinski definition) is 5. The maximum absolute atomic E-state index is 14.4. The Bertz CT molecular complexity index is 1070. The molecule has 0 bridgehead atoms. The number of nitrogens with zero attached hydrogens (tertiary/aromatic N) is 3. The minimum absolute atomic E-state index is 0.0274. The Morgan fingerprint density at radius 2 is 2.14 bits per heavy atom. The molecule has 1 atom stereocenters. The van der Waals surface area contributed by atoms with E-state index in [1.807, 2.05) is 25.1 Å². The lowest BCUT2D eigenvalue weighted by atomic mass is 10.1. The van der Waals surface area contributed by atoms with Gasteiger partial charge < -0.3 is 20.4 Å². The number of benzene rings is 2. The van der Waals surface area contributed by atoms with Crippen LogP contribution in [0.2, 0.25) is 0 Å². The molecule has 29 heavy (non-hydrogen) atoms.